The Bertz CT molecular complexity index is 1690. The summed E-state index contributed by atoms with van der Waals surface area (Å²) in [4.78, 5) is 26.4. The third-order valence-electron chi connectivity index (χ3n) is 7.39. The number of hydrazone groups is 1. The van der Waals surface area contributed by atoms with E-state index in [2.05, 4.69) is 15.5 Å². The van der Waals surface area contributed by atoms with Gasteiger partial charge in [-0.1, -0.05) is 23.9 Å². The van der Waals surface area contributed by atoms with Crippen LogP contribution in [0.4, 0.5) is 0 Å². The van der Waals surface area contributed by atoms with Crippen LogP contribution in [0.3, 0.4) is 0 Å². The van der Waals surface area contributed by atoms with Gasteiger partial charge in [0.25, 0.3) is 11.8 Å². The molecule has 234 valence electrons. The molecule has 0 saturated carbocycles. The van der Waals surface area contributed by atoms with Crippen molar-refractivity contribution < 1.29 is 28.5 Å². The summed E-state index contributed by atoms with van der Waals surface area (Å²) in [5.41, 5.74) is 3.10. The maximum Gasteiger partial charge on any atom is 0.253 e. The van der Waals surface area contributed by atoms with Gasteiger partial charge in [-0.25, -0.2) is 5.01 Å². The summed E-state index contributed by atoms with van der Waals surface area (Å²) in [5, 5.41) is 18.2. The smallest absolute Gasteiger partial charge is 0.253 e. The van der Waals surface area contributed by atoms with Crippen molar-refractivity contribution in [3.63, 3.8) is 0 Å². The van der Waals surface area contributed by atoms with Crippen LogP contribution in [0.2, 0.25) is 0 Å². The Labute approximate surface area is 265 Å². The summed E-state index contributed by atoms with van der Waals surface area (Å²) in [6, 6.07) is 20.0. The van der Waals surface area contributed by atoms with E-state index in [1.165, 1.54) is 26.0 Å². The van der Waals surface area contributed by atoms with Crippen LogP contribution in [0.1, 0.15) is 39.8 Å². The number of methoxy groups -OCH3 is 4. The van der Waals surface area contributed by atoms with Crippen molar-refractivity contribution in [1.29, 1.82) is 0 Å². The first-order chi connectivity index (χ1) is 21.8. The van der Waals surface area contributed by atoms with Gasteiger partial charge in [0.15, 0.2) is 22.5 Å². The van der Waals surface area contributed by atoms with E-state index >= 15 is 0 Å². The van der Waals surface area contributed by atoms with Crippen LogP contribution in [0.5, 0.6) is 23.0 Å². The Morgan fingerprint density at radius 1 is 0.867 bits per heavy atom. The fourth-order valence-electron chi connectivity index (χ4n) is 4.84. The molecule has 0 spiro atoms. The normalized spacial score (nSPS) is 14.1. The second-order valence-electron chi connectivity index (χ2n) is 10.0. The lowest BCUT2D eigenvalue weighted by atomic mass is 9.98. The molecule has 1 unspecified atom stereocenters. The van der Waals surface area contributed by atoms with E-state index < -0.39 is 0 Å². The highest BCUT2D eigenvalue weighted by Crippen LogP contribution is 2.35. The Kier molecular flexibility index (Phi) is 9.88. The van der Waals surface area contributed by atoms with Gasteiger partial charge in [0.2, 0.25) is 0 Å². The number of nitrogens with zero attached hydrogens (tertiary/aromatic N) is 5. The number of carbonyl (C=O) groups is 2. The molecule has 1 aromatic heterocycles. The largest absolute Gasteiger partial charge is 0.497 e. The highest BCUT2D eigenvalue weighted by atomic mass is 32.2. The molecule has 2 amide bonds. The number of thioether (sulfide) groups is 1. The minimum absolute atomic E-state index is 0.0933. The molecular weight excluding hydrogens is 596 g/mol. The monoisotopic (exact) mass is 630 g/mol. The minimum atomic E-state index is -0.299. The zero-order valence-electron chi connectivity index (χ0n) is 25.6. The van der Waals surface area contributed by atoms with Crippen molar-refractivity contribution in [2.24, 2.45) is 12.1 Å². The Morgan fingerprint density at radius 2 is 1.53 bits per heavy atom. The molecule has 0 bridgehead atoms. The predicted molar refractivity (Wildman–Crippen MR) is 169 cm³/mol. The first-order valence-electron chi connectivity index (χ1n) is 14.0. The molecule has 0 aliphatic carbocycles. The number of ether oxygens (including phenoxy) is 4. The SMILES string of the molecule is COc1ccc(C2=NN(C(=O)CSc3nnc(CNC(=O)c4ccc(OC)c(OC)c4)n3C)C(c3ccc(OC)cc3)C2)cc1. The van der Waals surface area contributed by atoms with Gasteiger partial charge >= 0.3 is 0 Å². The number of amides is 2. The van der Waals surface area contributed by atoms with Crippen LogP contribution in [-0.2, 0) is 18.4 Å². The van der Waals surface area contributed by atoms with Gasteiger partial charge in [-0.2, -0.15) is 5.10 Å². The van der Waals surface area contributed by atoms with E-state index in [1.54, 1.807) is 49.0 Å². The van der Waals surface area contributed by atoms with Gasteiger partial charge in [-0.3, -0.25) is 9.59 Å². The second kappa shape index (κ2) is 14.2. The molecule has 0 radical (unpaired) electrons. The fourth-order valence-corrected chi connectivity index (χ4v) is 5.62. The maximum absolute atomic E-state index is 13.6. The zero-order chi connectivity index (χ0) is 31.9. The molecule has 0 saturated heterocycles. The molecule has 3 aromatic carbocycles. The van der Waals surface area contributed by atoms with Crippen molar-refractivity contribution in [2.45, 2.75) is 24.2 Å². The number of nitrogens with one attached hydrogen (secondary N) is 1. The molecule has 2 heterocycles. The third-order valence-corrected chi connectivity index (χ3v) is 8.40. The summed E-state index contributed by atoms with van der Waals surface area (Å²) >= 11 is 1.26. The molecule has 12 nitrogen and oxygen atoms in total. The topological polar surface area (TPSA) is 129 Å². The first kappa shape index (κ1) is 31.4. The van der Waals surface area contributed by atoms with Gasteiger partial charge in [0.1, 0.15) is 11.5 Å². The van der Waals surface area contributed by atoms with Crippen molar-refractivity contribution in [3.8, 4) is 23.0 Å². The van der Waals surface area contributed by atoms with E-state index in [9.17, 15) is 9.59 Å². The Morgan fingerprint density at radius 3 is 2.18 bits per heavy atom. The van der Waals surface area contributed by atoms with Crippen LogP contribution >= 0.6 is 11.8 Å². The molecule has 1 N–H and O–H groups in total. The minimum Gasteiger partial charge on any atom is -0.497 e. The van der Waals surface area contributed by atoms with Crippen molar-refractivity contribution in [1.82, 2.24) is 25.1 Å². The third kappa shape index (κ3) is 7.04. The number of aromatic nitrogens is 3. The predicted octanol–water partition coefficient (Wildman–Crippen LogP) is 4.25. The van der Waals surface area contributed by atoms with Crippen molar-refractivity contribution in [2.75, 3.05) is 34.2 Å². The second-order valence-corrected chi connectivity index (χ2v) is 10.9. The van der Waals surface area contributed by atoms with Crippen LogP contribution in [-0.4, -0.2) is 71.5 Å². The molecule has 1 atom stereocenters. The molecule has 13 heteroatoms. The zero-order valence-corrected chi connectivity index (χ0v) is 26.5. The summed E-state index contributed by atoms with van der Waals surface area (Å²) in [5.74, 6) is 2.64. The average molecular weight is 631 g/mol. The quantitative estimate of drug-likeness (QED) is 0.229. The van der Waals surface area contributed by atoms with E-state index in [4.69, 9.17) is 24.0 Å². The van der Waals surface area contributed by atoms with E-state index in [1.807, 2.05) is 48.5 Å². The number of hydrogen-bond donors (Lipinski definition) is 1. The van der Waals surface area contributed by atoms with E-state index in [-0.39, 0.29) is 30.2 Å². The number of hydrogen-bond acceptors (Lipinski definition) is 10. The van der Waals surface area contributed by atoms with E-state index in [0.717, 1.165) is 28.3 Å². The number of benzene rings is 3. The summed E-state index contributed by atoms with van der Waals surface area (Å²) < 4.78 is 22.9. The Hall–Kier alpha value is -5.04. The summed E-state index contributed by atoms with van der Waals surface area (Å²) in [6.45, 7) is 0.145. The average Bonchev–Trinajstić information content (AvgIpc) is 3.69. The maximum atomic E-state index is 13.6. The van der Waals surface area contributed by atoms with E-state index in [0.29, 0.717) is 34.5 Å². The molecule has 5 rings (SSSR count). The standard InChI is InChI=1S/C32H34N6O6S/c1-37-29(18-33-31(40)22-10-15-27(43-4)28(16-22)44-5)34-35-32(37)45-19-30(39)38-26(21-8-13-24(42-3)14-9-21)17-25(36-38)20-6-11-23(41-2)12-7-20/h6-16,26H,17-19H2,1-5H3,(H,33,40). The van der Waals surface area contributed by atoms with Gasteiger partial charge in [-0.15, -0.1) is 10.2 Å². The molecule has 0 fully saturated rings. The molecule has 45 heavy (non-hydrogen) atoms. The van der Waals surface area contributed by atoms with Gasteiger partial charge in [0, 0.05) is 19.0 Å². The van der Waals surface area contributed by atoms with Crippen LogP contribution in [0.25, 0.3) is 0 Å². The lowest BCUT2D eigenvalue weighted by Crippen LogP contribution is -2.28. The van der Waals surface area contributed by atoms with Crippen molar-refractivity contribution >= 4 is 29.3 Å². The highest BCUT2D eigenvalue weighted by Gasteiger charge is 2.33. The van der Waals surface area contributed by atoms with Gasteiger partial charge < -0.3 is 28.8 Å². The fraction of sp³-hybridized carbons (Fsp3) is 0.281. The number of carbonyl (C=O) groups excluding carboxylic acids is 2. The lowest BCUT2D eigenvalue weighted by molar-refractivity contribution is -0.130. The molecule has 1 aliphatic heterocycles. The first-order valence-corrected chi connectivity index (χ1v) is 15.0. The van der Waals surface area contributed by atoms with Gasteiger partial charge in [-0.05, 0) is 65.7 Å². The van der Waals surface area contributed by atoms with Crippen LogP contribution in [0.15, 0.2) is 77.0 Å². The van der Waals surface area contributed by atoms with Crippen molar-refractivity contribution in [3.05, 3.63) is 89.2 Å². The summed E-state index contributed by atoms with van der Waals surface area (Å²) in [7, 11) is 8.08. The number of rotatable bonds is 12. The Balaban J connectivity index is 1.26. The highest BCUT2D eigenvalue weighted by molar-refractivity contribution is 7.99. The van der Waals surface area contributed by atoms with Crippen LogP contribution in [0, 0.1) is 0 Å². The van der Waals surface area contributed by atoms with Gasteiger partial charge in [0.05, 0.1) is 52.5 Å². The molecule has 4 aromatic rings. The lowest BCUT2D eigenvalue weighted by Gasteiger charge is -2.22. The van der Waals surface area contributed by atoms with Crippen LogP contribution < -0.4 is 24.3 Å². The molecular formula is C32H34N6O6S. The summed E-state index contributed by atoms with van der Waals surface area (Å²) in [6.07, 6.45) is 0.558. The molecule has 1 aliphatic rings.